The number of hydrogen-bond acceptors (Lipinski definition) is 4. The van der Waals surface area contributed by atoms with Crippen molar-refractivity contribution in [1.29, 1.82) is 0 Å². The number of fused-ring (bicyclic) bond motifs is 1. The summed E-state index contributed by atoms with van der Waals surface area (Å²) >= 11 is 11.5. The minimum Gasteiger partial charge on any atom is -0.389 e. The second-order valence-electron chi connectivity index (χ2n) is 4.88. The highest BCUT2D eigenvalue weighted by atomic mass is 35.5. The van der Waals surface area contributed by atoms with E-state index in [0.29, 0.717) is 15.8 Å². The Morgan fingerprint density at radius 3 is 2.80 bits per heavy atom. The Morgan fingerprint density at radius 1 is 1.45 bits per heavy atom. The first-order chi connectivity index (χ1) is 9.50. The van der Waals surface area contributed by atoms with E-state index in [1.807, 2.05) is 18.7 Å². The highest BCUT2D eigenvalue weighted by Crippen LogP contribution is 2.33. The average Bonchev–Trinajstić information content (AvgIpc) is 2.91. The Labute approximate surface area is 127 Å². The van der Waals surface area contributed by atoms with Crippen LogP contribution < -0.4 is 10.6 Å². The Hall–Kier alpha value is -1.60. The molecule has 106 valence electrons. The fourth-order valence-electron chi connectivity index (χ4n) is 2.50. The third kappa shape index (κ3) is 1.89. The minimum atomic E-state index is 0.325. The number of nitrogens with two attached hydrogens (primary N) is 1. The lowest BCUT2D eigenvalue weighted by molar-refractivity contribution is 0.529. The van der Waals surface area contributed by atoms with Gasteiger partial charge in [-0.3, -0.25) is 0 Å². The lowest BCUT2D eigenvalue weighted by Crippen LogP contribution is -2.28. The van der Waals surface area contributed by atoms with Gasteiger partial charge in [0.05, 0.1) is 17.5 Å². The van der Waals surface area contributed by atoms with Crippen LogP contribution in [0.3, 0.4) is 0 Å². The summed E-state index contributed by atoms with van der Waals surface area (Å²) in [7, 11) is 2.01. The maximum atomic E-state index is 6.48. The molecule has 2 aromatic rings. The topological polar surface area (TPSA) is 64.9 Å². The molecule has 1 aliphatic rings. The molecule has 1 aliphatic heterocycles. The van der Waals surface area contributed by atoms with Gasteiger partial charge < -0.3 is 10.6 Å². The fraction of sp³-hybridized carbons (Fsp3) is 0.417. The van der Waals surface area contributed by atoms with Gasteiger partial charge in [0.1, 0.15) is 15.8 Å². The molecule has 0 radical (unpaired) electrons. The molecule has 0 aromatic carbocycles. The summed E-state index contributed by atoms with van der Waals surface area (Å²) in [5.41, 5.74) is 7.27. The van der Waals surface area contributed by atoms with Crippen LogP contribution in [0.4, 0.5) is 5.82 Å². The summed E-state index contributed by atoms with van der Waals surface area (Å²) in [5, 5.41) is 9.48. The third-order valence-corrected chi connectivity index (χ3v) is 4.11. The van der Waals surface area contributed by atoms with Crippen LogP contribution in [-0.2, 0) is 6.54 Å². The molecule has 0 aliphatic carbocycles. The molecule has 8 heteroatoms. The molecule has 0 spiro atoms. The van der Waals surface area contributed by atoms with Gasteiger partial charge >= 0.3 is 0 Å². The number of anilines is 1. The number of halogens is 1. The van der Waals surface area contributed by atoms with Crippen molar-refractivity contribution in [1.82, 2.24) is 19.6 Å². The van der Waals surface area contributed by atoms with Crippen molar-refractivity contribution in [2.24, 2.45) is 5.73 Å². The zero-order valence-corrected chi connectivity index (χ0v) is 12.9. The smallest absolute Gasteiger partial charge is 0.196 e. The second kappa shape index (κ2) is 4.75. The van der Waals surface area contributed by atoms with Crippen LogP contribution in [0.25, 0.3) is 5.82 Å². The van der Waals surface area contributed by atoms with Crippen molar-refractivity contribution in [3.05, 3.63) is 22.5 Å². The van der Waals surface area contributed by atoms with E-state index in [1.165, 1.54) is 0 Å². The summed E-state index contributed by atoms with van der Waals surface area (Å²) in [6, 6.07) is 0. The van der Waals surface area contributed by atoms with Crippen molar-refractivity contribution in [3.63, 3.8) is 0 Å². The second-order valence-corrected chi connectivity index (χ2v) is 5.70. The van der Waals surface area contributed by atoms with Gasteiger partial charge in [-0.15, -0.1) is 5.10 Å². The van der Waals surface area contributed by atoms with E-state index in [0.717, 1.165) is 36.6 Å². The van der Waals surface area contributed by atoms with Crippen LogP contribution in [0.2, 0.25) is 5.02 Å². The quantitative estimate of drug-likeness (QED) is 0.852. The van der Waals surface area contributed by atoms with Gasteiger partial charge in [0.15, 0.2) is 5.82 Å². The molecular weight excluding hydrogens is 296 g/mol. The Morgan fingerprint density at radius 2 is 2.20 bits per heavy atom. The molecule has 0 amide bonds. The van der Waals surface area contributed by atoms with Crippen LogP contribution in [0.5, 0.6) is 0 Å². The molecular formula is C12H15ClN6S. The largest absolute Gasteiger partial charge is 0.389 e. The van der Waals surface area contributed by atoms with E-state index < -0.39 is 0 Å². The normalized spacial score (nSPS) is 14.4. The van der Waals surface area contributed by atoms with Crippen molar-refractivity contribution in [2.45, 2.75) is 19.9 Å². The third-order valence-electron chi connectivity index (χ3n) is 3.55. The van der Waals surface area contributed by atoms with Gasteiger partial charge in [-0.1, -0.05) is 23.8 Å². The monoisotopic (exact) mass is 310 g/mol. The first-order valence-electron chi connectivity index (χ1n) is 6.33. The van der Waals surface area contributed by atoms with Crippen LogP contribution in [0.1, 0.15) is 17.7 Å². The first-order valence-corrected chi connectivity index (χ1v) is 7.11. The van der Waals surface area contributed by atoms with E-state index in [1.54, 1.807) is 10.9 Å². The Bertz CT molecular complexity index is 688. The standard InChI is InChI=1S/C12H15ClN6S/c1-7-8(10(14)20)6-15-19(7)11-9(13)12-17(2)4-3-5-18(12)16-11/h6H,3-5H2,1-2H3,(H2,14,20). The lowest BCUT2D eigenvalue weighted by atomic mass is 10.2. The molecule has 2 aromatic heterocycles. The van der Waals surface area contributed by atoms with Crippen LogP contribution >= 0.6 is 23.8 Å². The predicted octanol–water partition coefficient (Wildman–Crippen LogP) is 1.50. The summed E-state index contributed by atoms with van der Waals surface area (Å²) in [6.07, 6.45) is 2.70. The molecule has 3 heterocycles. The van der Waals surface area contributed by atoms with Gasteiger partial charge in [0.25, 0.3) is 0 Å². The van der Waals surface area contributed by atoms with Gasteiger partial charge in [0, 0.05) is 20.1 Å². The zero-order valence-electron chi connectivity index (χ0n) is 11.3. The molecule has 6 nitrogen and oxygen atoms in total. The summed E-state index contributed by atoms with van der Waals surface area (Å²) in [6.45, 7) is 3.74. The van der Waals surface area contributed by atoms with Crippen LogP contribution in [0, 0.1) is 6.92 Å². The van der Waals surface area contributed by atoms with E-state index in [9.17, 15) is 0 Å². The molecule has 0 saturated carbocycles. The average molecular weight is 311 g/mol. The SMILES string of the molecule is Cc1c(C(N)=S)cnn1-c1nn2c(c1Cl)N(C)CCC2. The number of aryl methyl sites for hydroxylation is 1. The molecule has 2 N–H and O–H groups in total. The molecule has 0 saturated heterocycles. The number of rotatable bonds is 2. The first kappa shape index (κ1) is 13.4. The van der Waals surface area contributed by atoms with Gasteiger partial charge in [-0.25, -0.2) is 9.36 Å². The van der Waals surface area contributed by atoms with Crippen molar-refractivity contribution in [3.8, 4) is 5.82 Å². The van der Waals surface area contributed by atoms with E-state index in [-0.39, 0.29) is 0 Å². The van der Waals surface area contributed by atoms with Gasteiger partial charge in [-0.05, 0) is 13.3 Å². The van der Waals surface area contributed by atoms with Gasteiger partial charge in [0.2, 0.25) is 0 Å². The molecule has 0 unspecified atom stereocenters. The maximum absolute atomic E-state index is 6.48. The van der Waals surface area contributed by atoms with Crippen LogP contribution in [-0.4, -0.2) is 38.1 Å². The summed E-state index contributed by atoms with van der Waals surface area (Å²) < 4.78 is 3.61. The zero-order chi connectivity index (χ0) is 14.4. The highest BCUT2D eigenvalue weighted by molar-refractivity contribution is 7.80. The van der Waals surface area contributed by atoms with Crippen molar-refractivity contribution < 1.29 is 0 Å². The van der Waals surface area contributed by atoms with E-state index in [2.05, 4.69) is 15.1 Å². The van der Waals surface area contributed by atoms with Crippen molar-refractivity contribution in [2.75, 3.05) is 18.5 Å². The molecule has 3 rings (SSSR count). The van der Waals surface area contributed by atoms with Crippen molar-refractivity contribution >= 4 is 34.6 Å². The van der Waals surface area contributed by atoms with Crippen LogP contribution in [0.15, 0.2) is 6.20 Å². The number of nitrogens with zero attached hydrogens (tertiary/aromatic N) is 5. The summed E-state index contributed by atoms with van der Waals surface area (Å²) in [5.74, 6) is 1.55. The van der Waals surface area contributed by atoms with E-state index in [4.69, 9.17) is 29.6 Å². The maximum Gasteiger partial charge on any atom is 0.196 e. The Kier molecular flexibility index (Phi) is 3.18. The van der Waals surface area contributed by atoms with E-state index >= 15 is 0 Å². The lowest BCUT2D eigenvalue weighted by Gasteiger charge is -2.25. The Balaban J connectivity index is 2.14. The summed E-state index contributed by atoms with van der Waals surface area (Å²) in [4.78, 5) is 2.43. The number of aromatic nitrogens is 4. The molecule has 20 heavy (non-hydrogen) atoms. The molecule has 0 atom stereocenters. The fourth-order valence-corrected chi connectivity index (χ4v) is 3.06. The number of thiocarbonyl (C=S) groups is 1. The molecule has 0 bridgehead atoms. The van der Waals surface area contributed by atoms with Gasteiger partial charge in [-0.2, -0.15) is 5.10 Å². The highest BCUT2D eigenvalue weighted by Gasteiger charge is 2.25. The number of hydrogen-bond donors (Lipinski definition) is 1. The predicted molar refractivity (Wildman–Crippen MR) is 82.9 cm³/mol. The molecule has 0 fully saturated rings. The minimum absolute atomic E-state index is 0.325.